The average Bonchev–Trinajstić information content (AvgIpc) is 2.21. The van der Waals surface area contributed by atoms with E-state index in [4.69, 9.17) is 15.2 Å². The summed E-state index contributed by atoms with van der Waals surface area (Å²) in [4.78, 5) is 4.13. The van der Waals surface area contributed by atoms with Gasteiger partial charge in [-0.2, -0.15) is 0 Å². The van der Waals surface area contributed by atoms with E-state index in [2.05, 4.69) is 17.2 Å². The fourth-order valence-corrected chi connectivity index (χ4v) is 0.890. The highest BCUT2D eigenvalue weighted by Gasteiger charge is 2.05. The van der Waals surface area contributed by atoms with Crippen molar-refractivity contribution in [2.45, 2.75) is 19.4 Å². The summed E-state index contributed by atoms with van der Waals surface area (Å²) < 4.78 is 10.1. The lowest BCUT2D eigenvalue weighted by Gasteiger charge is -2.12. The number of hydrogen-bond acceptors (Lipinski definition) is 3. The van der Waals surface area contributed by atoms with Crippen molar-refractivity contribution in [3.05, 3.63) is 0 Å². The summed E-state index contributed by atoms with van der Waals surface area (Å²) in [7, 11) is 3.27. The summed E-state index contributed by atoms with van der Waals surface area (Å²) in [6, 6.07) is 0. The molecule has 3 N–H and O–H groups in total. The molecule has 0 aromatic carbocycles. The summed E-state index contributed by atoms with van der Waals surface area (Å²) >= 11 is 0. The zero-order chi connectivity index (χ0) is 10.8. The first-order chi connectivity index (χ1) is 6.74. The fraction of sp³-hybridized carbons (Fsp3) is 0.889. The molecule has 1 atom stereocenters. The van der Waals surface area contributed by atoms with Crippen LogP contribution in [0.15, 0.2) is 4.99 Å². The smallest absolute Gasteiger partial charge is 0.188 e. The number of methoxy groups -OCH3 is 2. The van der Waals surface area contributed by atoms with Crippen LogP contribution in [0.25, 0.3) is 0 Å². The van der Waals surface area contributed by atoms with Gasteiger partial charge in [0.2, 0.25) is 0 Å². The van der Waals surface area contributed by atoms with Crippen molar-refractivity contribution in [3.63, 3.8) is 0 Å². The highest BCUT2D eigenvalue weighted by Crippen LogP contribution is 1.91. The van der Waals surface area contributed by atoms with Crippen LogP contribution in [-0.2, 0) is 9.47 Å². The Balaban J connectivity index is 3.73. The quantitative estimate of drug-likeness (QED) is 0.450. The Bertz CT molecular complexity index is 162. The molecule has 0 aliphatic rings. The van der Waals surface area contributed by atoms with Gasteiger partial charge in [0.25, 0.3) is 0 Å². The molecule has 0 aliphatic heterocycles. The van der Waals surface area contributed by atoms with Crippen molar-refractivity contribution in [1.29, 1.82) is 0 Å². The Morgan fingerprint density at radius 2 is 2.21 bits per heavy atom. The second-order valence-electron chi connectivity index (χ2n) is 2.97. The summed E-state index contributed by atoms with van der Waals surface area (Å²) in [5.41, 5.74) is 5.60. The molecule has 0 saturated carbocycles. The molecule has 0 bridgehead atoms. The lowest BCUT2D eigenvalue weighted by molar-refractivity contribution is 0.0343. The Hall–Kier alpha value is -0.810. The van der Waals surface area contributed by atoms with Crippen LogP contribution < -0.4 is 11.1 Å². The molecule has 0 aromatic rings. The lowest BCUT2D eigenvalue weighted by Crippen LogP contribution is -2.33. The van der Waals surface area contributed by atoms with Gasteiger partial charge in [0.05, 0.1) is 13.2 Å². The number of nitrogens with two attached hydrogens (primary N) is 1. The predicted octanol–water partition coefficient (Wildman–Crippen LogP) is -0.0379. The van der Waals surface area contributed by atoms with Gasteiger partial charge in [0, 0.05) is 20.8 Å². The molecule has 0 radical (unpaired) electrons. The Morgan fingerprint density at radius 1 is 1.50 bits per heavy atom. The predicted molar refractivity (Wildman–Crippen MR) is 57.5 cm³/mol. The van der Waals surface area contributed by atoms with Crippen molar-refractivity contribution < 1.29 is 9.47 Å². The average molecular weight is 203 g/mol. The normalized spacial score (nSPS) is 14.1. The maximum atomic E-state index is 5.60. The Kier molecular flexibility index (Phi) is 8.27. The van der Waals surface area contributed by atoms with E-state index in [0.717, 1.165) is 13.0 Å². The molecule has 14 heavy (non-hydrogen) atoms. The molecule has 0 aromatic heterocycles. The number of nitrogens with one attached hydrogen (secondary N) is 1. The number of ether oxygens (including phenoxy) is 2. The Labute approximate surface area is 85.7 Å². The first-order valence-electron chi connectivity index (χ1n) is 4.80. The van der Waals surface area contributed by atoms with Crippen molar-refractivity contribution in [2.24, 2.45) is 10.7 Å². The van der Waals surface area contributed by atoms with Gasteiger partial charge in [-0.3, -0.25) is 4.99 Å². The summed E-state index contributed by atoms with van der Waals surface area (Å²) in [5.74, 6) is 0.463. The van der Waals surface area contributed by atoms with Gasteiger partial charge in [-0.25, -0.2) is 0 Å². The zero-order valence-corrected chi connectivity index (χ0v) is 9.25. The van der Waals surface area contributed by atoms with Crippen molar-refractivity contribution in [2.75, 3.05) is 33.9 Å². The van der Waals surface area contributed by atoms with Gasteiger partial charge < -0.3 is 20.5 Å². The topological polar surface area (TPSA) is 68.9 Å². The standard InChI is InChI=1S/C9H21N3O2/c1-4-5-11-9(10)12-6-8(14-3)7-13-2/h8H,4-7H2,1-3H3,(H3,10,11,12). The maximum absolute atomic E-state index is 5.60. The van der Waals surface area contributed by atoms with Crippen LogP contribution in [0.5, 0.6) is 0 Å². The van der Waals surface area contributed by atoms with Crippen LogP contribution >= 0.6 is 0 Å². The van der Waals surface area contributed by atoms with E-state index in [1.807, 2.05) is 0 Å². The molecule has 0 aliphatic carbocycles. The second-order valence-corrected chi connectivity index (χ2v) is 2.97. The molecule has 1 unspecified atom stereocenters. The second kappa shape index (κ2) is 8.77. The van der Waals surface area contributed by atoms with Crippen LogP contribution in [0, 0.1) is 0 Å². The molecule has 5 heteroatoms. The minimum absolute atomic E-state index is 0.0259. The van der Waals surface area contributed by atoms with Gasteiger partial charge in [-0.1, -0.05) is 6.92 Å². The van der Waals surface area contributed by atoms with Gasteiger partial charge in [0.15, 0.2) is 5.96 Å². The molecule has 0 fully saturated rings. The molecular formula is C9H21N3O2. The van der Waals surface area contributed by atoms with E-state index in [1.165, 1.54) is 0 Å². The van der Waals surface area contributed by atoms with Crippen LogP contribution in [0.1, 0.15) is 13.3 Å². The van der Waals surface area contributed by atoms with Gasteiger partial charge in [-0.15, -0.1) is 0 Å². The molecular weight excluding hydrogens is 182 g/mol. The molecule has 0 rings (SSSR count). The maximum Gasteiger partial charge on any atom is 0.188 e. The third-order valence-corrected chi connectivity index (χ3v) is 1.71. The SMILES string of the molecule is CCCNC(N)=NCC(COC)OC. The molecule has 5 nitrogen and oxygen atoms in total. The summed E-state index contributed by atoms with van der Waals surface area (Å²) in [6.07, 6.45) is 1.00. The summed E-state index contributed by atoms with van der Waals surface area (Å²) in [5, 5.41) is 2.99. The highest BCUT2D eigenvalue weighted by molar-refractivity contribution is 5.77. The monoisotopic (exact) mass is 203 g/mol. The van der Waals surface area contributed by atoms with Crippen LogP contribution in [0.2, 0.25) is 0 Å². The molecule has 0 heterocycles. The fourth-order valence-electron chi connectivity index (χ4n) is 0.890. The van der Waals surface area contributed by atoms with Crippen molar-refractivity contribution in [1.82, 2.24) is 5.32 Å². The summed E-state index contributed by atoms with van der Waals surface area (Å²) in [6.45, 7) is 3.97. The van der Waals surface area contributed by atoms with E-state index >= 15 is 0 Å². The largest absolute Gasteiger partial charge is 0.382 e. The van der Waals surface area contributed by atoms with Crippen molar-refractivity contribution in [3.8, 4) is 0 Å². The molecule has 84 valence electrons. The number of rotatable bonds is 7. The highest BCUT2D eigenvalue weighted by atomic mass is 16.5. The zero-order valence-electron chi connectivity index (χ0n) is 9.25. The molecule has 0 amide bonds. The number of hydrogen-bond donors (Lipinski definition) is 2. The van der Waals surface area contributed by atoms with Gasteiger partial charge >= 0.3 is 0 Å². The number of nitrogens with zero attached hydrogens (tertiary/aromatic N) is 1. The Morgan fingerprint density at radius 3 is 2.71 bits per heavy atom. The van der Waals surface area contributed by atoms with Crippen LogP contribution in [0.3, 0.4) is 0 Å². The minimum atomic E-state index is -0.0259. The van der Waals surface area contributed by atoms with Crippen molar-refractivity contribution >= 4 is 5.96 Å². The van der Waals surface area contributed by atoms with E-state index in [-0.39, 0.29) is 6.10 Å². The molecule has 0 spiro atoms. The minimum Gasteiger partial charge on any atom is -0.382 e. The third kappa shape index (κ3) is 6.68. The first kappa shape index (κ1) is 13.2. The van der Waals surface area contributed by atoms with Gasteiger partial charge in [-0.05, 0) is 6.42 Å². The van der Waals surface area contributed by atoms with Crippen LogP contribution in [0.4, 0.5) is 0 Å². The number of aliphatic imine (C=N–C) groups is 1. The van der Waals surface area contributed by atoms with Gasteiger partial charge in [0.1, 0.15) is 6.10 Å². The van der Waals surface area contributed by atoms with E-state index in [9.17, 15) is 0 Å². The number of guanidine groups is 1. The van der Waals surface area contributed by atoms with Crippen LogP contribution in [-0.4, -0.2) is 46.0 Å². The van der Waals surface area contributed by atoms with E-state index < -0.39 is 0 Å². The van der Waals surface area contributed by atoms with E-state index in [0.29, 0.717) is 19.1 Å². The van der Waals surface area contributed by atoms with E-state index in [1.54, 1.807) is 14.2 Å². The molecule has 0 saturated heterocycles. The first-order valence-corrected chi connectivity index (χ1v) is 4.80. The lowest BCUT2D eigenvalue weighted by atomic mass is 10.4. The third-order valence-electron chi connectivity index (χ3n) is 1.71.